The topological polar surface area (TPSA) is 99.1 Å². The number of aliphatic carboxylic acids is 1. The van der Waals surface area contributed by atoms with Gasteiger partial charge in [-0.2, -0.15) is 0 Å². The second-order valence-electron chi connectivity index (χ2n) is 3.85. The first kappa shape index (κ1) is 13.7. The Kier molecular flexibility index (Phi) is 5.17. The molecule has 7 heteroatoms. The van der Waals surface area contributed by atoms with Crippen molar-refractivity contribution in [1.82, 2.24) is 10.2 Å². The van der Waals surface area contributed by atoms with Gasteiger partial charge in [-0.25, -0.2) is 9.59 Å². The third-order valence-corrected chi connectivity index (χ3v) is 2.70. The van der Waals surface area contributed by atoms with Gasteiger partial charge in [0.05, 0.1) is 25.9 Å². The summed E-state index contributed by atoms with van der Waals surface area (Å²) in [5.74, 6) is -1.06. The van der Waals surface area contributed by atoms with Gasteiger partial charge in [-0.1, -0.05) is 6.92 Å². The smallest absolute Gasteiger partial charge is 0.326 e. The molecule has 1 aliphatic rings. The highest BCUT2D eigenvalue weighted by Gasteiger charge is 2.29. The lowest BCUT2D eigenvalue weighted by molar-refractivity contribution is -0.139. The van der Waals surface area contributed by atoms with Crippen molar-refractivity contribution < 1.29 is 24.5 Å². The lowest BCUT2D eigenvalue weighted by atomic mass is 10.2. The molecule has 17 heavy (non-hydrogen) atoms. The summed E-state index contributed by atoms with van der Waals surface area (Å²) < 4.78 is 5.13. The second kappa shape index (κ2) is 6.41. The summed E-state index contributed by atoms with van der Waals surface area (Å²) in [4.78, 5) is 24.0. The number of morpholine rings is 1. The Balaban J connectivity index is 2.58. The van der Waals surface area contributed by atoms with E-state index in [0.29, 0.717) is 19.6 Å². The van der Waals surface area contributed by atoms with Gasteiger partial charge in [0.2, 0.25) is 0 Å². The summed E-state index contributed by atoms with van der Waals surface area (Å²) >= 11 is 0. The summed E-state index contributed by atoms with van der Waals surface area (Å²) in [5.41, 5.74) is 0. The van der Waals surface area contributed by atoms with E-state index in [2.05, 4.69) is 5.32 Å². The highest BCUT2D eigenvalue weighted by atomic mass is 16.5. The van der Waals surface area contributed by atoms with E-state index in [9.17, 15) is 9.59 Å². The maximum atomic E-state index is 11.8. The molecule has 1 rings (SSSR count). The van der Waals surface area contributed by atoms with Gasteiger partial charge < -0.3 is 25.2 Å². The van der Waals surface area contributed by atoms with E-state index in [1.165, 1.54) is 4.90 Å². The SMILES string of the molecule is CC[C@@H](NC(=O)N1CCOCC1CO)C(=O)O. The fourth-order valence-corrected chi connectivity index (χ4v) is 1.64. The number of urea groups is 1. The summed E-state index contributed by atoms with van der Waals surface area (Å²) in [6.07, 6.45) is 0.315. The molecular weight excluding hydrogens is 228 g/mol. The largest absolute Gasteiger partial charge is 0.480 e. The molecule has 1 saturated heterocycles. The highest BCUT2D eigenvalue weighted by Crippen LogP contribution is 2.07. The molecule has 0 aliphatic carbocycles. The number of nitrogens with zero attached hydrogens (tertiary/aromatic N) is 1. The number of hydrogen-bond donors (Lipinski definition) is 3. The van der Waals surface area contributed by atoms with Crippen molar-refractivity contribution in [2.75, 3.05) is 26.4 Å². The molecule has 0 saturated carbocycles. The van der Waals surface area contributed by atoms with Crippen LogP contribution in [0.5, 0.6) is 0 Å². The molecule has 0 aromatic heterocycles. The van der Waals surface area contributed by atoms with Gasteiger partial charge in [-0.3, -0.25) is 0 Å². The Bertz CT molecular complexity index is 284. The molecule has 2 atom stereocenters. The van der Waals surface area contributed by atoms with Crippen molar-refractivity contribution in [2.45, 2.75) is 25.4 Å². The summed E-state index contributed by atoms with van der Waals surface area (Å²) in [6.45, 7) is 2.51. The maximum Gasteiger partial charge on any atom is 0.326 e. The molecule has 7 nitrogen and oxygen atoms in total. The minimum absolute atomic E-state index is 0.197. The van der Waals surface area contributed by atoms with Gasteiger partial charge in [0.25, 0.3) is 0 Å². The van der Waals surface area contributed by atoms with Crippen LogP contribution in [-0.2, 0) is 9.53 Å². The van der Waals surface area contributed by atoms with Crippen LogP contribution in [0.25, 0.3) is 0 Å². The van der Waals surface area contributed by atoms with Crippen LogP contribution in [-0.4, -0.2) is 65.6 Å². The zero-order chi connectivity index (χ0) is 12.8. The van der Waals surface area contributed by atoms with Gasteiger partial charge in [0.1, 0.15) is 6.04 Å². The molecule has 1 fully saturated rings. The number of carboxylic acids is 1. The normalized spacial score (nSPS) is 22.0. The second-order valence-corrected chi connectivity index (χ2v) is 3.85. The number of carbonyl (C=O) groups is 2. The van der Waals surface area contributed by atoms with Gasteiger partial charge in [-0.05, 0) is 6.42 Å². The van der Waals surface area contributed by atoms with Crippen molar-refractivity contribution in [1.29, 1.82) is 0 Å². The number of rotatable bonds is 4. The molecule has 0 bridgehead atoms. The zero-order valence-corrected chi connectivity index (χ0v) is 9.76. The Morgan fingerprint density at radius 2 is 2.29 bits per heavy atom. The predicted octanol–water partition coefficient (Wildman–Crippen LogP) is -0.748. The lowest BCUT2D eigenvalue weighted by Crippen LogP contribution is -2.56. The van der Waals surface area contributed by atoms with Crippen LogP contribution in [0.1, 0.15) is 13.3 Å². The first-order valence-corrected chi connectivity index (χ1v) is 5.58. The fraction of sp³-hybridized carbons (Fsp3) is 0.800. The van der Waals surface area contributed by atoms with E-state index < -0.39 is 24.1 Å². The predicted molar refractivity (Wildman–Crippen MR) is 58.6 cm³/mol. The van der Waals surface area contributed by atoms with Crippen LogP contribution >= 0.6 is 0 Å². The molecule has 3 N–H and O–H groups in total. The van der Waals surface area contributed by atoms with E-state index >= 15 is 0 Å². The summed E-state index contributed by atoms with van der Waals surface area (Å²) in [6, 6.07) is -1.78. The van der Waals surface area contributed by atoms with E-state index in [0.717, 1.165) is 0 Å². The number of carbonyl (C=O) groups excluding carboxylic acids is 1. The minimum atomic E-state index is -1.06. The number of hydrogen-bond acceptors (Lipinski definition) is 4. The summed E-state index contributed by atoms with van der Waals surface area (Å²) in [5, 5.41) is 20.4. The Labute approximate surface area is 99.4 Å². The van der Waals surface area contributed by atoms with Gasteiger partial charge in [-0.15, -0.1) is 0 Å². The van der Waals surface area contributed by atoms with Crippen molar-refractivity contribution in [2.24, 2.45) is 0 Å². The molecule has 1 aliphatic heterocycles. The van der Waals surface area contributed by atoms with E-state index in [4.69, 9.17) is 14.9 Å². The Morgan fingerprint density at radius 1 is 1.59 bits per heavy atom. The molecule has 0 radical (unpaired) electrons. The van der Waals surface area contributed by atoms with Crippen LogP contribution in [0.3, 0.4) is 0 Å². The minimum Gasteiger partial charge on any atom is -0.480 e. The van der Waals surface area contributed by atoms with Gasteiger partial charge >= 0.3 is 12.0 Å². The van der Waals surface area contributed by atoms with Crippen LogP contribution < -0.4 is 5.32 Å². The molecule has 0 aromatic carbocycles. The van der Waals surface area contributed by atoms with Crippen LogP contribution in [0.4, 0.5) is 4.79 Å². The van der Waals surface area contributed by atoms with Crippen LogP contribution in [0.15, 0.2) is 0 Å². The number of ether oxygens (including phenoxy) is 1. The molecule has 2 amide bonds. The van der Waals surface area contributed by atoms with E-state index in [1.807, 2.05) is 0 Å². The maximum absolute atomic E-state index is 11.8. The van der Waals surface area contributed by atoms with Crippen LogP contribution in [0, 0.1) is 0 Å². The highest BCUT2D eigenvalue weighted by molar-refractivity contribution is 5.82. The van der Waals surface area contributed by atoms with Gasteiger partial charge in [0.15, 0.2) is 0 Å². The Morgan fingerprint density at radius 3 is 2.82 bits per heavy atom. The van der Waals surface area contributed by atoms with E-state index in [-0.39, 0.29) is 13.2 Å². The van der Waals surface area contributed by atoms with Crippen molar-refractivity contribution in [3.05, 3.63) is 0 Å². The fourth-order valence-electron chi connectivity index (χ4n) is 1.64. The van der Waals surface area contributed by atoms with Crippen molar-refractivity contribution in [3.8, 4) is 0 Å². The molecular formula is C10H18N2O5. The molecule has 98 valence electrons. The van der Waals surface area contributed by atoms with Crippen molar-refractivity contribution >= 4 is 12.0 Å². The number of aliphatic hydroxyl groups excluding tert-OH is 1. The Hall–Kier alpha value is -1.34. The number of carboxylic acid groups (broad SMARTS) is 1. The standard InChI is InChI=1S/C10H18N2O5/c1-2-8(9(14)15)11-10(16)12-3-4-17-6-7(12)5-13/h7-8,13H,2-6H2,1H3,(H,11,16)(H,14,15)/t7?,8-/m1/s1. The molecule has 1 unspecified atom stereocenters. The van der Waals surface area contributed by atoms with Crippen LogP contribution in [0.2, 0.25) is 0 Å². The average molecular weight is 246 g/mol. The summed E-state index contributed by atoms with van der Waals surface area (Å²) in [7, 11) is 0. The average Bonchev–Trinajstić information content (AvgIpc) is 2.35. The first-order chi connectivity index (χ1) is 8.10. The monoisotopic (exact) mass is 246 g/mol. The van der Waals surface area contributed by atoms with Crippen molar-refractivity contribution in [3.63, 3.8) is 0 Å². The molecule has 0 aromatic rings. The number of aliphatic hydroxyl groups is 1. The third-order valence-electron chi connectivity index (χ3n) is 2.70. The molecule has 1 heterocycles. The quantitative estimate of drug-likeness (QED) is 0.606. The number of amides is 2. The lowest BCUT2D eigenvalue weighted by Gasteiger charge is -2.35. The number of nitrogens with one attached hydrogen (secondary N) is 1. The van der Waals surface area contributed by atoms with Gasteiger partial charge in [0, 0.05) is 6.54 Å². The van der Waals surface area contributed by atoms with E-state index in [1.54, 1.807) is 6.92 Å². The molecule has 0 spiro atoms. The third kappa shape index (κ3) is 3.57. The zero-order valence-electron chi connectivity index (χ0n) is 9.76. The first-order valence-electron chi connectivity index (χ1n) is 5.58.